The van der Waals surface area contributed by atoms with Crippen molar-refractivity contribution >= 4 is 17.9 Å². The number of carbonyl (C=O) groups is 3. The monoisotopic (exact) mass is 993 g/mol. The topological polar surface area (TPSA) is 78.9 Å². The van der Waals surface area contributed by atoms with E-state index < -0.39 is 6.10 Å². The van der Waals surface area contributed by atoms with Crippen LogP contribution in [0, 0.1) is 0 Å². The van der Waals surface area contributed by atoms with E-state index in [2.05, 4.69) is 167 Å². The first-order valence-corrected chi connectivity index (χ1v) is 28.8. The highest BCUT2D eigenvalue weighted by molar-refractivity contribution is 5.71. The summed E-state index contributed by atoms with van der Waals surface area (Å²) in [5.74, 6) is -0.982. The fraction of sp³-hybridized carbons (Fsp3) is 0.591. The van der Waals surface area contributed by atoms with Crippen LogP contribution < -0.4 is 0 Å². The van der Waals surface area contributed by atoms with Crippen LogP contribution in [-0.2, 0) is 28.6 Å². The number of rotatable bonds is 50. The van der Waals surface area contributed by atoms with Crippen molar-refractivity contribution in [2.75, 3.05) is 13.2 Å². The zero-order valence-electron chi connectivity index (χ0n) is 46.1. The van der Waals surface area contributed by atoms with Gasteiger partial charge < -0.3 is 14.2 Å². The zero-order valence-corrected chi connectivity index (χ0v) is 46.1. The average Bonchev–Trinajstić information content (AvgIpc) is 3.38. The molecule has 0 heterocycles. The van der Waals surface area contributed by atoms with Gasteiger partial charge in [0.1, 0.15) is 13.2 Å². The molecule has 0 rings (SSSR count). The van der Waals surface area contributed by atoms with Crippen LogP contribution in [0.25, 0.3) is 0 Å². The zero-order chi connectivity index (χ0) is 52.2. The van der Waals surface area contributed by atoms with Crippen molar-refractivity contribution in [2.24, 2.45) is 0 Å². The molecule has 0 amide bonds. The van der Waals surface area contributed by atoms with Crippen LogP contribution in [0.4, 0.5) is 0 Å². The van der Waals surface area contributed by atoms with Gasteiger partial charge in [0, 0.05) is 19.3 Å². The second kappa shape index (κ2) is 58.9. The summed E-state index contributed by atoms with van der Waals surface area (Å²) in [5.41, 5.74) is 0. The number of allylic oxidation sites excluding steroid dienone is 24. The normalized spacial score (nSPS) is 13.2. The van der Waals surface area contributed by atoms with Crippen LogP contribution in [0.5, 0.6) is 0 Å². The Kier molecular flexibility index (Phi) is 55.0. The molecule has 0 aromatic heterocycles. The number of hydrogen-bond donors (Lipinski definition) is 0. The molecule has 0 aromatic carbocycles. The summed E-state index contributed by atoms with van der Waals surface area (Å²) in [7, 11) is 0. The maximum Gasteiger partial charge on any atom is 0.306 e. The Morgan fingerprint density at radius 2 is 0.542 bits per heavy atom. The molecule has 1 unspecified atom stereocenters. The number of esters is 3. The van der Waals surface area contributed by atoms with Crippen LogP contribution >= 0.6 is 0 Å². The Morgan fingerprint density at radius 1 is 0.292 bits per heavy atom. The van der Waals surface area contributed by atoms with Crippen molar-refractivity contribution in [1.29, 1.82) is 0 Å². The molecule has 404 valence electrons. The Hall–Kier alpha value is -4.71. The van der Waals surface area contributed by atoms with Gasteiger partial charge in [-0.15, -0.1) is 0 Å². The Bertz CT molecular complexity index is 1610. The van der Waals surface area contributed by atoms with Gasteiger partial charge in [-0.25, -0.2) is 0 Å². The van der Waals surface area contributed by atoms with Crippen molar-refractivity contribution in [1.82, 2.24) is 0 Å². The molecule has 0 aliphatic rings. The summed E-state index contributed by atoms with van der Waals surface area (Å²) in [5, 5.41) is 0. The van der Waals surface area contributed by atoms with E-state index in [-0.39, 0.29) is 37.5 Å². The predicted molar refractivity (Wildman–Crippen MR) is 311 cm³/mol. The van der Waals surface area contributed by atoms with Gasteiger partial charge in [-0.2, -0.15) is 0 Å². The lowest BCUT2D eigenvalue weighted by molar-refractivity contribution is -0.167. The van der Waals surface area contributed by atoms with E-state index in [1.54, 1.807) is 0 Å². The average molecular weight is 994 g/mol. The quantitative estimate of drug-likeness (QED) is 0.0261. The molecule has 1 atom stereocenters. The minimum absolute atomic E-state index is 0.110. The first kappa shape index (κ1) is 67.3. The fourth-order valence-electron chi connectivity index (χ4n) is 7.30. The molecule has 0 saturated heterocycles. The fourth-order valence-corrected chi connectivity index (χ4v) is 7.30. The van der Waals surface area contributed by atoms with Gasteiger partial charge in [0.15, 0.2) is 6.10 Å². The number of carbonyl (C=O) groups excluding carboxylic acids is 3. The molecule has 0 aromatic rings. The molecular weight excluding hydrogens is 889 g/mol. The second-order valence-corrected chi connectivity index (χ2v) is 18.4. The largest absolute Gasteiger partial charge is 0.462 e. The van der Waals surface area contributed by atoms with Crippen LogP contribution in [0.15, 0.2) is 146 Å². The van der Waals surface area contributed by atoms with E-state index in [4.69, 9.17) is 14.2 Å². The molecule has 0 bridgehead atoms. The van der Waals surface area contributed by atoms with E-state index in [1.165, 1.54) is 38.5 Å². The third-order valence-corrected chi connectivity index (χ3v) is 11.5. The summed E-state index contributed by atoms with van der Waals surface area (Å²) >= 11 is 0. The van der Waals surface area contributed by atoms with E-state index >= 15 is 0 Å². The molecule has 0 saturated carbocycles. The van der Waals surface area contributed by atoms with E-state index in [1.807, 2.05) is 0 Å². The SMILES string of the molecule is CC/C=C\C/C=C\C/C=C\C/C=C\C/C=C\C/C=C\CCCCC(=O)OC(COC(=O)CCCCCCC/C=C\CCC)COC(=O)CCCCCCCCC/C=C\C/C=C\C/C=C\C/C=C\C/C=C\CC. The molecule has 72 heavy (non-hydrogen) atoms. The molecule has 0 fully saturated rings. The van der Waals surface area contributed by atoms with Crippen molar-refractivity contribution in [3.8, 4) is 0 Å². The van der Waals surface area contributed by atoms with Crippen molar-refractivity contribution in [2.45, 2.75) is 239 Å². The summed E-state index contributed by atoms with van der Waals surface area (Å²) < 4.78 is 16.8. The van der Waals surface area contributed by atoms with Gasteiger partial charge in [-0.05, 0) is 135 Å². The number of unbranched alkanes of at least 4 members (excludes halogenated alkanes) is 15. The van der Waals surface area contributed by atoms with Gasteiger partial charge in [0.05, 0.1) is 0 Å². The first-order chi connectivity index (χ1) is 35.5. The lowest BCUT2D eigenvalue weighted by Gasteiger charge is -2.18. The third kappa shape index (κ3) is 56.2. The first-order valence-electron chi connectivity index (χ1n) is 28.8. The standard InChI is InChI=1S/C66H104O6/c1-4-7-10-13-16-19-22-24-26-28-30-32-33-35-36-38-40-42-44-47-50-53-56-59-65(68)71-62-63(61-70-64(67)58-55-52-49-46-21-18-15-12-9-6-3)72-66(69)60-57-54-51-48-45-43-41-39-37-34-31-29-27-25-23-20-17-14-11-8-5-2/h7-8,10-12,15-17,19-20,24-27,30-32,34-36,39,41,45,48,63H,4-6,9,13-14,18,21-23,28-29,33,37-38,40,42-44,46-47,49-62H2,1-3H3/b10-7-,11-8-,15-12-,19-16-,20-17-,26-24-,27-25-,32-30-,34-31-,36-35-,41-39-,48-45-. The lowest BCUT2D eigenvalue weighted by Crippen LogP contribution is -2.30. The van der Waals surface area contributed by atoms with Crippen LogP contribution in [0.1, 0.15) is 233 Å². The second-order valence-electron chi connectivity index (χ2n) is 18.4. The summed E-state index contributed by atoms with van der Waals surface area (Å²) in [6.45, 7) is 6.28. The molecule has 0 radical (unpaired) electrons. The van der Waals surface area contributed by atoms with Gasteiger partial charge in [0.25, 0.3) is 0 Å². The molecule has 0 spiro atoms. The van der Waals surface area contributed by atoms with Gasteiger partial charge in [-0.3, -0.25) is 14.4 Å². The van der Waals surface area contributed by atoms with E-state index in [0.29, 0.717) is 19.3 Å². The van der Waals surface area contributed by atoms with Crippen LogP contribution in [-0.4, -0.2) is 37.2 Å². The maximum atomic E-state index is 12.8. The Balaban J connectivity index is 4.44. The van der Waals surface area contributed by atoms with Gasteiger partial charge in [0.2, 0.25) is 0 Å². The molecule has 0 aliphatic heterocycles. The minimum Gasteiger partial charge on any atom is -0.462 e. The summed E-state index contributed by atoms with van der Waals surface area (Å²) in [4.78, 5) is 38.1. The van der Waals surface area contributed by atoms with Crippen molar-refractivity contribution < 1.29 is 28.6 Å². The smallest absolute Gasteiger partial charge is 0.306 e. The Morgan fingerprint density at radius 3 is 0.889 bits per heavy atom. The van der Waals surface area contributed by atoms with Crippen molar-refractivity contribution in [3.05, 3.63) is 146 Å². The number of hydrogen-bond acceptors (Lipinski definition) is 6. The van der Waals surface area contributed by atoms with E-state index in [0.717, 1.165) is 148 Å². The summed E-state index contributed by atoms with van der Waals surface area (Å²) in [6.07, 6.45) is 84.2. The maximum absolute atomic E-state index is 12.8. The number of ether oxygens (including phenoxy) is 3. The van der Waals surface area contributed by atoms with Gasteiger partial charge in [-0.1, -0.05) is 224 Å². The lowest BCUT2D eigenvalue weighted by atomic mass is 10.1. The summed E-state index contributed by atoms with van der Waals surface area (Å²) in [6, 6.07) is 0. The highest BCUT2D eigenvalue weighted by atomic mass is 16.6. The highest BCUT2D eigenvalue weighted by Crippen LogP contribution is 2.13. The van der Waals surface area contributed by atoms with Gasteiger partial charge >= 0.3 is 17.9 Å². The van der Waals surface area contributed by atoms with E-state index in [9.17, 15) is 14.4 Å². The van der Waals surface area contributed by atoms with Crippen LogP contribution in [0.2, 0.25) is 0 Å². The highest BCUT2D eigenvalue weighted by Gasteiger charge is 2.19. The van der Waals surface area contributed by atoms with Crippen molar-refractivity contribution in [3.63, 3.8) is 0 Å². The predicted octanol–water partition coefficient (Wildman–Crippen LogP) is 19.6. The molecular formula is C66H104O6. The minimum atomic E-state index is -0.816. The Labute approximate surface area is 442 Å². The molecule has 6 nitrogen and oxygen atoms in total. The third-order valence-electron chi connectivity index (χ3n) is 11.5. The molecule has 0 aliphatic carbocycles. The van der Waals surface area contributed by atoms with Crippen LogP contribution in [0.3, 0.4) is 0 Å². The molecule has 6 heteroatoms. The molecule has 0 N–H and O–H groups in total.